The standard InChI is InChI=1S/C15H17N5O2S/c1-3-20-11(6-7-19-20)9-16-15-13-8-12(23(2,21)22)4-5-14(13)17-10-18-15/h4-8,10H,3,9H2,1-2H3,(H,16,17,18). The summed E-state index contributed by atoms with van der Waals surface area (Å²) in [5, 5.41) is 8.14. The minimum absolute atomic E-state index is 0.251. The minimum Gasteiger partial charge on any atom is -0.364 e. The minimum atomic E-state index is -3.28. The molecule has 0 saturated carbocycles. The summed E-state index contributed by atoms with van der Waals surface area (Å²) in [5.74, 6) is 0.601. The molecular formula is C15H17N5O2S. The molecule has 8 heteroatoms. The van der Waals surface area contributed by atoms with Crippen molar-refractivity contribution in [3.8, 4) is 0 Å². The van der Waals surface area contributed by atoms with Crippen molar-refractivity contribution < 1.29 is 8.42 Å². The fourth-order valence-corrected chi connectivity index (χ4v) is 3.02. The number of fused-ring (bicyclic) bond motifs is 1. The molecule has 0 saturated heterocycles. The van der Waals surface area contributed by atoms with Crippen molar-refractivity contribution in [1.29, 1.82) is 0 Å². The molecule has 23 heavy (non-hydrogen) atoms. The molecule has 2 aromatic heterocycles. The SMILES string of the molecule is CCn1nccc1CNc1ncnc2ccc(S(C)(=O)=O)cc12. The molecule has 0 unspecified atom stereocenters. The van der Waals surface area contributed by atoms with Gasteiger partial charge in [0.05, 0.1) is 22.7 Å². The lowest BCUT2D eigenvalue weighted by Crippen LogP contribution is -2.09. The van der Waals surface area contributed by atoms with E-state index in [1.54, 1.807) is 24.4 Å². The van der Waals surface area contributed by atoms with Crippen molar-refractivity contribution in [1.82, 2.24) is 19.7 Å². The van der Waals surface area contributed by atoms with Gasteiger partial charge in [-0.2, -0.15) is 5.10 Å². The molecule has 3 aromatic rings. The third kappa shape index (κ3) is 3.16. The molecule has 0 spiro atoms. The zero-order valence-corrected chi connectivity index (χ0v) is 13.7. The van der Waals surface area contributed by atoms with Crippen LogP contribution < -0.4 is 5.32 Å². The van der Waals surface area contributed by atoms with E-state index in [0.29, 0.717) is 23.3 Å². The highest BCUT2D eigenvalue weighted by atomic mass is 32.2. The lowest BCUT2D eigenvalue weighted by atomic mass is 10.2. The van der Waals surface area contributed by atoms with Gasteiger partial charge in [0.1, 0.15) is 12.1 Å². The van der Waals surface area contributed by atoms with Crippen LogP contribution in [0.25, 0.3) is 10.9 Å². The Morgan fingerprint density at radius 2 is 2.04 bits per heavy atom. The number of hydrogen-bond acceptors (Lipinski definition) is 6. The molecule has 120 valence electrons. The Hall–Kier alpha value is -2.48. The van der Waals surface area contributed by atoms with Crippen LogP contribution in [0.1, 0.15) is 12.6 Å². The zero-order valence-electron chi connectivity index (χ0n) is 12.9. The van der Waals surface area contributed by atoms with Gasteiger partial charge in [-0.3, -0.25) is 4.68 Å². The van der Waals surface area contributed by atoms with Crippen molar-refractivity contribution in [2.75, 3.05) is 11.6 Å². The zero-order chi connectivity index (χ0) is 16.4. The number of nitrogens with zero attached hydrogens (tertiary/aromatic N) is 4. The van der Waals surface area contributed by atoms with E-state index >= 15 is 0 Å². The molecule has 1 aromatic carbocycles. The average molecular weight is 331 g/mol. The number of benzene rings is 1. The molecule has 0 aliphatic heterocycles. The maximum absolute atomic E-state index is 11.7. The van der Waals surface area contributed by atoms with E-state index in [1.807, 2.05) is 17.7 Å². The second-order valence-electron chi connectivity index (χ2n) is 5.17. The van der Waals surface area contributed by atoms with Gasteiger partial charge in [-0.15, -0.1) is 0 Å². The molecule has 1 N–H and O–H groups in total. The lowest BCUT2D eigenvalue weighted by molar-refractivity contribution is 0.602. The Bertz CT molecular complexity index is 949. The van der Waals surface area contributed by atoms with Crippen LogP contribution in [0.5, 0.6) is 0 Å². The molecule has 0 aliphatic rings. The van der Waals surface area contributed by atoms with Crippen molar-refractivity contribution >= 4 is 26.6 Å². The Morgan fingerprint density at radius 1 is 1.22 bits per heavy atom. The first-order chi connectivity index (χ1) is 11.0. The molecule has 2 heterocycles. The smallest absolute Gasteiger partial charge is 0.175 e. The number of sulfone groups is 1. The molecule has 0 bridgehead atoms. The van der Waals surface area contributed by atoms with E-state index in [-0.39, 0.29) is 4.90 Å². The van der Waals surface area contributed by atoms with E-state index in [2.05, 4.69) is 20.4 Å². The van der Waals surface area contributed by atoms with Gasteiger partial charge in [0.2, 0.25) is 0 Å². The Balaban J connectivity index is 1.97. The van der Waals surface area contributed by atoms with Gasteiger partial charge in [-0.05, 0) is 31.2 Å². The van der Waals surface area contributed by atoms with E-state index in [0.717, 1.165) is 12.2 Å². The van der Waals surface area contributed by atoms with Crippen molar-refractivity contribution in [3.05, 3.63) is 42.5 Å². The molecule has 3 rings (SSSR count). The number of rotatable bonds is 5. The number of aromatic nitrogens is 4. The molecule has 0 amide bonds. The maximum Gasteiger partial charge on any atom is 0.175 e. The predicted molar refractivity (Wildman–Crippen MR) is 87.9 cm³/mol. The third-order valence-electron chi connectivity index (χ3n) is 3.58. The van der Waals surface area contributed by atoms with Gasteiger partial charge in [0, 0.05) is 24.4 Å². The predicted octanol–water partition coefficient (Wildman–Crippen LogP) is 1.86. The van der Waals surface area contributed by atoms with Crippen LogP contribution in [0.3, 0.4) is 0 Å². The van der Waals surface area contributed by atoms with Crippen molar-refractivity contribution in [3.63, 3.8) is 0 Å². The third-order valence-corrected chi connectivity index (χ3v) is 4.69. The summed E-state index contributed by atoms with van der Waals surface area (Å²) in [5.41, 5.74) is 1.72. The molecule has 0 radical (unpaired) electrons. The molecule has 0 atom stereocenters. The summed E-state index contributed by atoms with van der Waals surface area (Å²) < 4.78 is 25.4. The quantitative estimate of drug-likeness (QED) is 0.767. The van der Waals surface area contributed by atoms with Crippen molar-refractivity contribution in [2.24, 2.45) is 0 Å². The first-order valence-electron chi connectivity index (χ1n) is 7.18. The topological polar surface area (TPSA) is 89.8 Å². The Morgan fingerprint density at radius 3 is 2.78 bits per heavy atom. The van der Waals surface area contributed by atoms with Crippen LogP contribution in [0.4, 0.5) is 5.82 Å². The fourth-order valence-electron chi connectivity index (χ4n) is 2.38. The summed E-state index contributed by atoms with van der Waals surface area (Å²) >= 11 is 0. The summed E-state index contributed by atoms with van der Waals surface area (Å²) in [6.45, 7) is 3.35. The number of anilines is 1. The van der Waals surface area contributed by atoms with Crippen LogP contribution in [-0.4, -0.2) is 34.4 Å². The van der Waals surface area contributed by atoms with Crippen LogP contribution in [0.2, 0.25) is 0 Å². The van der Waals surface area contributed by atoms with Gasteiger partial charge in [-0.25, -0.2) is 18.4 Å². The summed E-state index contributed by atoms with van der Waals surface area (Å²) in [6.07, 6.45) is 4.40. The molecule has 0 aliphatic carbocycles. The van der Waals surface area contributed by atoms with Gasteiger partial charge < -0.3 is 5.32 Å². The van der Waals surface area contributed by atoms with Crippen LogP contribution in [-0.2, 0) is 22.9 Å². The highest BCUT2D eigenvalue weighted by molar-refractivity contribution is 7.90. The largest absolute Gasteiger partial charge is 0.364 e. The van der Waals surface area contributed by atoms with Crippen LogP contribution >= 0.6 is 0 Å². The first kappa shape index (κ1) is 15.4. The highest BCUT2D eigenvalue weighted by Crippen LogP contribution is 2.23. The monoisotopic (exact) mass is 331 g/mol. The fraction of sp³-hybridized carbons (Fsp3) is 0.267. The van der Waals surface area contributed by atoms with E-state index in [1.165, 1.54) is 12.6 Å². The Labute approximate surface area is 134 Å². The first-order valence-corrected chi connectivity index (χ1v) is 9.07. The number of hydrogen-bond donors (Lipinski definition) is 1. The Kier molecular flexibility index (Phi) is 3.99. The average Bonchev–Trinajstić information content (AvgIpc) is 2.99. The van der Waals surface area contributed by atoms with Gasteiger partial charge >= 0.3 is 0 Å². The molecular weight excluding hydrogens is 314 g/mol. The van der Waals surface area contributed by atoms with E-state index in [9.17, 15) is 8.42 Å². The lowest BCUT2D eigenvalue weighted by Gasteiger charge is -2.10. The van der Waals surface area contributed by atoms with Gasteiger partial charge in [0.15, 0.2) is 9.84 Å². The molecule has 0 fully saturated rings. The summed E-state index contributed by atoms with van der Waals surface area (Å²) in [6, 6.07) is 6.78. The van der Waals surface area contributed by atoms with E-state index < -0.39 is 9.84 Å². The van der Waals surface area contributed by atoms with Crippen molar-refractivity contribution in [2.45, 2.75) is 24.9 Å². The number of nitrogens with one attached hydrogen (secondary N) is 1. The second kappa shape index (κ2) is 5.96. The second-order valence-corrected chi connectivity index (χ2v) is 7.18. The van der Waals surface area contributed by atoms with Gasteiger partial charge in [-0.1, -0.05) is 0 Å². The number of aryl methyl sites for hydroxylation is 1. The molecule has 7 nitrogen and oxygen atoms in total. The highest BCUT2D eigenvalue weighted by Gasteiger charge is 2.11. The van der Waals surface area contributed by atoms with E-state index in [4.69, 9.17) is 0 Å². The summed E-state index contributed by atoms with van der Waals surface area (Å²) in [4.78, 5) is 8.67. The van der Waals surface area contributed by atoms with Crippen LogP contribution in [0, 0.1) is 0 Å². The normalized spacial score (nSPS) is 11.7. The van der Waals surface area contributed by atoms with Crippen LogP contribution in [0.15, 0.2) is 41.7 Å². The maximum atomic E-state index is 11.7. The summed E-state index contributed by atoms with van der Waals surface area (Å²) in [7, 11) is -3.28. The van der Waals surface area contributed by atoms with Gasteiger partial charge in [0.25, 0.3) is 0 Å².